The fraction of sp³-hybridized carbons (Fsp3) is 0.308. The van der Waals surface area contributed by atoms with Gasteiger partial charge in [0.2, 0.25) is 0 Å². The summed E-state index contributed by atoms with van der Waals surface area (Å²) >= 11 is 0. The number of halogens is 1. The van der Waals surface area contributed by atoms with E-state index in [-0.39, 0.29) is 11.8 Å². The lowest BCUT2D eigenvalue weighted by Crippen LogP contribution is -2.13. The summed E-state index contributed by atoms with van der Waals surface area (Å²) in [4.78, 5) is 11.4. The predicted octanol–water partition coefficient (Wildman–Crippen LogP) is 3.14. The topological polar surface area (TPSA) is 26.3 Å². The molecule has 0 radical (unpaired) electrons. The molecule has 2 nitrogen and oxygen atoms in total. The van der Waals surface area contributed by atoms with Crippen molar-refractivity contribution in [1.29, 1.82) is 0 Å². The van der Waals surface area contributed by atoms with Gasteiger partial charge in [0.15, 0.2) is 0 Å². The van der Waals surface area contributed by atoms with E-state index in [2.05, 4.69) is 6.58 Å². The van der Waals surface area contributed by atoms with Crippen LogP contribution in [-0.2, 0) is 9.53 Å². The maximum Gasteiger partial charge on any atom is 0.313 e. The first-order valence-corrected chi connectivity index (χ1v) is 5.18. The maximum atomic E-state index is 13.4. The summed E-state index contributed by atoms with van der Waals surface area (Å²) in [5, 5.41) is 0. The quantitative estimate of drug-likeness (QED) is 0.731. The molecule has 1 atom stereocenters. The summed E-state index contributed by atoms with van der Waals surface area (Å²) in [5.74, 6) is -1.16. The minimum atomic E-state index is -0.451. The van der Waals surface area contributed by atoms with Gasteiger partial charge in [0.25, 0.3) is 0 Å². The molecule has 0 bridgehead atoms. The molecule has 1 rings (SSSR count). The van der Waals surface area contributed by atoms with Gasteiger partial charge in [-0.25, -0.2) is 4.39 Å². The number of hydrogen-bond acceptors (Lipinski definition) is 2. The average Bonchev–Trinajstić information content (AvgIpc) is 2.28. The maximum absolute atomic E-state index is 13.4. The Labute approximate surface area is 94.7 Å². The van der Waals surface area contributed by atoms with Crippen LogP contribution in [0.3, 0.4) is 0 Å². The van der Waals surface area contributed by atoms with Crippen molar-refractivity contribution in [2.24, 2.45) is 0 Å². The molecule has 0 aliphatic heterocycles. The van der Waals surface area contributed by atoms with Crippen LogP contribution in [-0.4, -0.2) is 12.6 Å². The first kappa shape index (κ1) is 12.4. The third kappa shape index (κ3) is 2.69. The van der Waals surface area contributed by atoms with Gasteiger partial charge >= 0.3 is 5.97 Å². The summed E-state index contributed by atoms with van der Waals surface area (Å²) in [5.41, 5.74) is 1.04. The predicted molar refractivity (Wildman–Crippen MR) is 61.5 cm³/mol. The van der Waals surface area contributed by atoms with Crippen molar-refractivity contribution in [1.82, 2.24) is 0 Å². The normalized spacial score (nSPS) is 11.9. The second-order valence-electron chi connectivity index (χ2n) is 3.46. The molecule has 1 aromatic rings. The van der Waals surface area contributed by atoms with Crippen LogP contribution in [0.2, 0.25) is 0 Å². The molecule has 0 fully saturated rings. The highest BCUT2D eigenvalue weighted by molar-refractivity contribution is 5.77. The third-order valence-corrected chi connectivity index (χ3v) is 2.38. The van der Waals surface area contributed by atoms with Crippen molar-refractivity contribution in [2.45, 2.75) is 19.8 Å². The highest BCUT2D eigenvalue weighted by atomic mass is 19.1. The Morgan fingerprint density at radius 1 is 1.62 bits per heavy atom. The molecule has 0 heterocycles. The molecule has 86 valence electrons. The summed E-state index contributed by atoms with van der Waals surface area (Å²) in [6.45, 7) is 7.27. The van der Waals surface area contributed by atoms with E-state index in [1.54, 1.807) is 26.0 Å². The minimum absolute atomic E-state index is 0.330. The van der Waals surface area contributed by atoms with Gasteiger partial charge in [-0.2, -0.15) is 0 Å². The van der Waals surface area contributed by atoms with Gasteiger partial charge in [0.05, 0.1) is 12.5 Å². The van der Waals surface area contributed by atoms with Gasteiger partial charge in [-0.05, 0) is 25.5 Å². The van der Waals surface area contributed by atoms with Crippen LogP contribution in [0.4, 0.5) is 4.39 Å². The largest absolute Gasteiger partial charge is 0.466 e. The number of benzene rings is 1. The Hall–Kier alpha value is -1.64. The van der Waals surface area contributed by atoms with Gasteiger partial charge in [0.1, 0.15) is 5.82 Å². The highest BCUT2D eigenvalue weighted by Gasteiger charge is 2.17. The van der Waals surface area contributed by atoms with Crippen LogP contribution < -0.4 is 0 Å². The molecule has 0 aromatic heterocycles. The Kier molecular flexibility index (Phi) is 4.23. The van der Waals surface area contributed by atoms with Gasteiger partial charge in [-0.15, -0.1) is 0 Å². The van der Waals surface area contributed by atoms with Gasteiger partial charge in [-0.3, -0.25) is 4.79 Å². The van der Waals surface area contributed by atoms with Crippen LogP contribution in [0.5, 0.6) is 0 Å². The van der Waals surface area contributed by atoms with Gasteiger partial charge < -0.3 is 4.74 Å². The van der Waals surface area contributed by atoms with E-state index in [0.29, 0.717) is 17.7 Å². The van der Waals surface area contributed by atoms with Crippen LogP contribution in [0.25, 0.3) is 6.08 Å². The lowest BCUT2D eigenvalue weighted by atomic mass is 9.99. The average molecular weight is 222 g/mol. The summed E-state index contributed by atoms with van der Waals surface area (Å²) in [6, 6.07) is 4.66. The Morgan fingerprint density at radius 2 is 2.31 bits per heavy atom. The van der Waals surface area contributed by atoms with Crippen LogP contribution in [0, 0.1) is 5.82 Å². The third-order valence-electron chi connectivity index (χ3n) is 2.38. The molecule has 0 spiro atoms. The second-order valence-corrected chi connectivity index (χ2v) is 3.46. The molecular formula is C13H15FO2. The van der Waals surface area contributed by atoms with Crippen LogP contribution in [0.15, 0.2) is 24.8 Å². The summed E-state index contributed by atoms with van der Waals surface area (Å²) in [7, 11) is 0. The second kappa shape index (κ2) is 5.45. The van der Waals surface area contributed by atoms with Crippen molar-refractivity contribution in [2.75, 3.05) is 6.61 Å². The van der Waals surface area contributed by atoms with Crippen molar-refractivity contribution in [3.8, 4) is 0 Å². The zero-order valence-corrected chi connectivity index (χ0v) is 9.50. The van der Waals surface area contributed by atoms with Crippen molar-refractivity contribution < 1.29 is 13.9 Å². The lowest BCUT2D eigenvalue weighted by molar-refractivity contribution is -0.144. The van der Waals surface area contributed by atoms with E-state index in [1.807, 2.05) is 0 Å². The fourth-order valence-corrected chi connectivity index (χ4v) is 1.38. The van der Waals surface area contributed by atoms with E-state index in [4.69, 9.17) is 4.74 Å². The number of carbonyl (C=O) groups is 1. The fourth-order valence-electron chi connectivity index (χ4n) is 1.38. The van der Waals surface area contributed by atoms with E-state index in [9.17, 15) is 9.18 Å². The zero-order chi connectivity index (χ0) is 12.1. The monoisotopic (exact) mass is 222 g/mol. The van der Waals surface area contributed by atoms with E-state index >= 15 is 0 Å². The van der Waals surface area contributed by atoms with E-state index in [0.717, 1.165) is 0 Å². The number of esters is 1. The molecule has 0 aliphatic rings. The van der Waals surface area contributed by atoms with Crippen LogP contribution >= 0.6 is 0 Å². The van der Waals surface area contributed by atoms with Crippen molar-refractivity contribution >= 4 is 12.0 Å². The SMILES string of the molecule is C=Cc1ccc(C(C)C(=O)OCC)cc1F. The first-order chi connectivity index (χ1) is 7.60. The lowest BCUT2D eigenvalue weighted by Gasteiger charge is -2.11. The van der Waals surface area contributed by atoms with Crippen molar-refractivity contribution in [3.63, 3.8) is 0 Å². The minimum Gasteiger partial charge on any atom is -0.466 e. The Morgan fingerprint density at radius 3 is 2.81 bits per heavy atom. The molecule has 0 saturated heterocycles. The smallest absolute Gasteiger partial charge is 0.313 e. The molecule has 0 aliphatic carbocycles. The van der Waals surface area contributed by atoms with Crippen molar-refractivity contribution in [3.05, 3.63) is 41.7 Å². The standard InChI is InChI=1S/C13H15FO2/c1-4-10-6-7-11(8-12(10)14)9(3)13(15)16-5-2/h4,6-9H,1,5H2,2-3H3. The Balaban J connectivity index is 2.92. The molecule has 1 aromatic carbocycles. The summed E-state index contributed by atoms with van der Waals surface area (Å²) in [6.07, 6.45) is 1.44. The molecule has 0 N–H and O–H groups in total. The number of ether oxygens (including phenoxy) is 1. The van der Waals surface area contributed by atoms with E-state index < -0.39 is 5.92 Å². The molecule has 3 heteroatoms. The van der Waals surface area contributed by atoms with E-state index in [1.165, 1.54) is 12.1 Å². The van der Waals surface area contributed by atoms with Gasteiger partial charge in [0, 0.05) is 5.56 Å². The number of hydrogen-bond donors (Lipinski definition) is 0. The first-order valence-electron chi connectivity index (χ1n) is 5.18. The van der Waals surface area contributed by atoms with Crippen LogP contribution in [0.1, 0.15) is 30.9 Å². The number of rotatable bonds is 4. The Bertz CT molecular complexity index is 399. The molecule has 0 amide bonds. The highest BCUT2D eigenvalue weighted by Crippen LogP contribution is 2.20. The molecule has 0 saturated carbocycles. The zero-order valence-electron chi connectivity index (χ0n) is 9.50. The van der Waals surface area contributed by atoms with Gasteiger partial charge in [-0.1, -0.05) is 24.8 Å². The molecule has 1 unspecified atom stereocenters. The molecule has 16 heavy (non-hydrogen) atoms. The number of carbonyl (C=O) groups excluding carboxylic acids is 1. The summed E-state index contributed by atoms with van der Waals surface area (Å²) < 4.78 is 18.3. The molecular weight excluding hydrogens is 207 g/mol.